The van der Waals surface area contributed by atoms with Gasteiger partial charge in [0, 0.05) is 28.1 Å². The molecule has 2 aromatic rings. The second kappa shape index (κ2) is 7.21. The highest BCUT2D eigenvalue weighted by Gasteiger charge is 2.21. The van der Waals surface area contributed by atoms with Crippen LogP contribution in [0.3, 0.4) is 0 Å². The molecule has 0 radical (unpaired) electrons. The van der Waals surface area contributed by atoms with E-state index in [9.17, 15) is 14.9 Å². The van der Waals surface area contributed by atoms with Crippen molar-refractivity contribution in [3.05, 3.63) is 45.0 Å². The van der Waals surface area contributed by atoms with Crippen LogP contribution in [0, 0.1) is 28.4 Å². The summed E-state index contributed by atoms with van der Waals surface area (Å²) in [6, 6.07) is 5.72. The number of nitriles is 1. The highest BCUT2D eigenvalue weighted by Crippen LogP contribution is 2.34. The third kappa shape index (κ3) is 4.28. The van der Waals surface area contributed by atoms with E-state index in [2.05, 4.69) is 4.98 Å². The molecule has 0 bridgehead atoms. The third-order valence-corrected chi connectivity index (χ3v) is 4.79. The summed E-state index contributed by atoms with van der Waals surface area (Å²) in [6.07, 6.45) is -0.943. The molecule has 0 saturated heterocycles. The Hall–Kier alpha value is -2.44. The third-order valence-electron chi connectivity index (χ3n) is 2.65. The maximum absolute atomic E-state index is 12.2. The summed E-state index contributed by atoms with van der Waals surface area (Å²) in [6.45, 7) is 3.27. The van der Waals surface area contributed by atoms with Crippen molar-refractivity contribution in [3.8, 4) is 6.07 Å². The molecule has 1 heterocycles. The standard InChI is InChI=1S/C14H11N3O4S2/c1-8-7-22-14(16-8)23-12-4-3-10(17(19)20)5-11(12)13(18)21-9(2)6-15/h3-5,7,9H,1-2H3/t9-/m0/s1. The smallest absolute Gasteiger partial charge is 0.340 e. The number of non-ortho nitro benzene ring substituents is 1. The molecule has 0 aliphatic heterocycles. The van der Waals surface area contributed by atoms with Gasteiger partial charge in [-0.2, -0.15) is 5.26 Å². The number of hydrogen-bond acceptors (Lipinski definition) is 8. The number of benzene rings is 1. The number of aromatic nitrogens is 1. The Balaban J connectivity index is 2.38. The van der Waals surface area contributed by atoms with Crippen molar-refractivity contribution >= 4 is 34.8 Å². The van der Waals surface area contributed by atoms with Crippen LogP contribution in [-0.2, 0) is 4.74 Å². The molecule has 1 aromatic heterocycles. The number of esters is 1. The van der Waals surface area contributed by atoms with Gasteiger partial charge >= 0.3 is 5.97 Å². The Labute approximate surface area is 140 Å². The molecule has 0 aliphatic rings. The first-order chi connectivity index (χ1) is 10.9. The van der Waals surface area contributed by atoms with Crippen LogP contribution in [0.1, 0.15) is 23.0 Å². The maximum atomic E-state index is 12.2. The van der Waals surface area contributed by atoms with Gasteiger partial charge in [0.25, 0.3) is 5.69 Å². The number of aryl methyl sites for hydroxylation is 1. The monoisotopic (exact) mass is 349 g/mol. The highest BCUT2D eigenvalue weighted by molar-refractivity contribution is 8.01. The van der Waals surface area contributed by atoms with Gasteiger partial charge in [-0.15, -0.1) is 11.3 Å². The Morgan fingerprint density at radius 1 is 1.57 bits per heavy atom. The van der Waals surface area contributed by atoms with Gasteiger partial charge in [-0.25, -0.2) is 9.78 Å². The van der Waals surface area contributed by atoms with E-state index in [1.807, 2.05) is 12.3 Å². The zero-order chi connectivity index (χ0) is 17.0. The average molecular weight is 349 g/mol. The van der Waals surface area contributed by atoms with E-state index in [-0.39, 0.29) is 11.3 Å². The fraction of sp³-hybridized carbons (Fsp3) is 0.214. The lowest BCUT2D eigenvalue weighted by Gasteiger charge is -2.09. The molecular formula is C14H11N3O4S2. The topological polar surface area (TPSA) is 106 Å². The molecule has 0 spiro atoms. The van der Waals surface area contributed by atoms with E-state index >= 15 is 0 Å². The molecule has 0 amide bonds. The number of rotatable bonds is 5. The van der Waals surface area contributed by atoms with Gasteiger partial charge in [-0.3, -0.25) is 10.1 Å². The zero-order valence-electron chi connectivity index (χ0n) is 12.2. The van der Waals surface area contributed by atoms with Crippen LogP contribution in [0.4, 0.5) is 5.69 Å². The number of carbonyl (C=O) groups excluding carboxylic acids is 1. The fourth-order valence-corrected chi connectivity index (χ4v) is 3.50. The molecule has 1 aromatic carbocycles. The van der Waals surface area contributed by atoms with E-state index in [4.69, 9.17) is 10.00 Å². The number of hydrogen-bond donors (Lipinski definition) is 0. The Morgan fingerprint density at radius 2 is 2.30 bits per heavy atom. The fourth-order valence-electron chi connectivity index (χ4n) is 1.60. The summed E-state index contributed by atoms with van der Waals surface area (Å²) in [5.74, 6) is -0.779. The molecule has 9 heteroatoms. The van der Waals surface area contributed by atoms with E-state index in [0.29, 0.717) is 9.24 Å². The molecule has 0 N–H and O–H groups in total. The van der Waals surface area contributed by atoms with Crippen molar-refractivity contribution in [2.24, 2.45) is 0 Å². The Kier molecular flexibility index (Phi) is 5.31. The van der Waals surface area contributed by atoms with Crippen molar-refractivity contribution < 1.29 is 14.5 Å². The molecule has 7 nitrogen and oxygen atoms in total. The van der Waals surface area contributed by atoms with Crippen LogP contribution < -0.4 is 0 Å². The minimum absolute atomic E-state index is 0.0409. The molecule has 2 rings (SSSR count). The van der Waals surface area contributed by atoms with Crippen molar-refractivity contribution in [2.45, 2.75) is 29.2 Å². The molecule has 0 saturated carbocycles. The first-order valence-electron chi connectivity index (χ1n) is 6.39. The van der Waals surface area contributed by atoms with Crippen LogP contribution in [-0.4, -0.2) is 22.0 Å². The van der Waals surface area contributed by atoms with Crippen molar-refractivity contribution in [1.29, 1.82) is 5.26 Å². The SMILES string of the molecule is Cc1csc(Sc2ccc([N+](=O)[O-])cc2C(=O)O[C@@H](C)C#N)n1. The molecule has 0 aliphatic carbocycles. The second-order valence-corrected chi connectivity index (χ2v) is 6.62. The number of carbonyl (C=O) groups is 1. The van der Waals surface area contributed by atoms with Crippen LogP contribution in [0.5, 0.6) is 0 Å². The summed E-state index contributed by atoms with van der Waals surface area (Å²) < 4.78 is 5.66. The zero-order valence-corrected chi connectivity index (χ0v) is 13.8. The van der Waals surface area contributed by atoms with Gasteiger partial charge in [-0.05, 0) is 19.9 Å². The summed E-state index contributed by atoms with van der Waals surface area (Å²) in [5, 5.41) is 21.5. The minimum atomic E-state index is -0.943. The second-order valence-electron chi connectivity index (χ2n) is 4.47. The summed E-state index contributed by atoms with van der Waals surface area (Å²) in [7, 11) is 0. The van der Waals surface area contributed by atoms with Gasteiger partial charge in [0.2, 0.25) is 0 Å². The van der Waals surface area contributed by atoms with E-state index in [0.717, 1.165) is 11.8 Å². The molecule has 118 valence electrons. The highest BCUT2D eigenvalue weighted by atomic mass is 32.2. The molecule has 0 fully saturated rings. The lowest BCUT2D eigenvalue weighted by molar-refractivity contribution is -0.384. The summed E-state index contributed by atoms with van der Waals surface area (Å²) >= 11 is 2.63. The van der Waals surface area contributed by atoms with Gasteiger partial charge in [0.15, 0.2) is 10.4 Å². The van der Waals surface area contributed by atoms with Crippen LogP contribution in [0.15, 0.2) is 32.8 Å². The van der Waals surface area contributed by atoms with Crippen molar-refractivity contribution in [2.75, 3.05) is 0 Å². The average Bonchev–Trinajstić information content (AvgIpc) is 2.92. The lowest BCUT2D eigenvalue weighted by atomic mass is 10.2. The Morgan fingerprint density at radius 3 is 2.87 bits per heavy atom. The first kappa shape index (κ1) is 16.9. The van der Waals surface area contributed by atoms with E-state index < -0.39 is 17.0 Å². The summed E-state index contributed by atoms with van der Waals surface area (Å²) in [5.41, 5.74) is 0.669. The van der Waals surface area contributed by atoms with Gasteiger partial charge in [0.05, 0.1) is 10.5 Å². The predicted molar refractivity (Wildman–Crippen MR) is 84.6 cm³/mol. The number of nitro groups is 1. The number of nitrogens with zero attached hydrogens (tertiary/aromatic N) is 3. The maximum Gasteiger partial charge on any atom is 0.340 e. The Bertz CT molecular complexity index is 798. The molecule has 23 heavy (non-hydrogen) atoms. The van der Waals surface area contributed by atoms with Crippen molar-refractivity contribution in [3.63, 3.8) is 0 Å². The molecular weight excluding hydrogens is 338 g/mol. The minimum Gasteiger partial charge on any atom is -0.444 e. The van der Waals surface area contributed by atoms with E-state index in [1.165, 1.54) is 42.2 Å². The van der Waals surface area contributed by atoms with Gasteiger partial charge in [0.1, 0.15) is 6.07 Å². The van der Waals surface area contributed by atoms with Gasteiger partial charge in [-0.1, -0.05) is 11.8 Å². The van der Waals surface area contributed by atoms with Crippen LogP contribution in [0.25, 0.3) is 0 Å². The first-order valence-corrected chi connectivity index (χ1v) is 8.09. The quantitative estimate of drug-likeness (QED) is 0.461. The van der Waals surface area contributed by atoms with Crippen molar-refractivity contribution in [1.82, 2.24) is 4.98 Å². The number of ether oxygens (including phenoxy) is 1. The molecule has 0 unspecified atom stereocenters. The predicted octanol–water partition coefficient (Wildman–Crippen LogP) is 3.58. The molecule has 1 atom stereocenters. The van der Waals surface area contributed by atoms with Gasteiger partial charge < -0.3 is 4.74 Å². The normalized spacial score (nSPS) is 11.5. The lowest BCUT2D eigenvalue weighted by Crippen LogP contribution is -2.14. The van der Waals surface area contributed by atoms with E-state index in [1.54, 1.807) is 6.07 Å². The number of thiazole rings is 1. The van der Waals surface area contributed by atoms with Crippen LogP contribution in [0.2, 0.25) is 0 Å². The van der Waals surface area contributed by atoms with Crippen LogP contribution >= 0.6 is 23.1 Å². The largest absolute Gasteiger partial charge is 0.444 e. The number of nitro benzene ring substituents is 1. The summed E-state index contributed by atoms with van der Waals surface area (Å²) in [4.78, 5) is 27.3.